The van der Waals surface area contributed by atoms with Crippen LogP contribution in [0.4, 0.5) is 8.78 Å². The van der Waals surface area contributed by atoms with Crippen LogP contribution < -0.4 is 20.1 Å². The maximum atomic E-state index is 12.9. The smallest absolute Gasteiger partial charge is 0.387 e. The minimum Gasteiger partial charge on any atom is -0.490 e. The van der Waals surface area contributed by atoms with E-state index >= 15 is 0 Å². The molecule has 0 aliphatic carbocycles. The Morgan fingerprint density at radius 2 is 1.84 bits per heavy atom. The third-order valence-electron chi connectivity index (χ3n) is 5.36. The molecule has 184 valence electrons. The van der Waals surface area contributed by atoms with Gasteiger partial charge in [0.05, 0.1) is 13.2 Å². The predicted molar refractivity (Wildman–Crippen MR) is 136 cm³/mol. The van der Waals surface area contributed by atoms with Gasteiger partial charge >= 0.3 is 6.61 Å². The summed E-state index contributed by atoms with van der Waals surface area (Å²) in [4.78, 5) is 9.51. The van der Waals surface area contributed by atoms with E-state index in [0.717, 1.165) is 39.3 Å². The molecule has 0 aromatic heterocycles. The monoisotopic (exact) mass is 569 g/mol. The number of hydrogen-bond acceptors (Lipinski definition) is 5. The lowest BCUT2D eigenvalue weighted by Gasteiger charge is -2.37. The van der Waals surface area contributed by atoms with Gasteiger partial charge in [0, 0.05) is 50.9 Å². The number of alkyl halides is 2. The van der Waals surface area contributed by atoms with E-state index in [0.29, 0.717) is 36.5 Å². The molecule has 1 aliphatic rings. The number of guanidine groups is 1. The second-order valence-electron chi connectivity index (χ2n) is 7.45. The standard InChI is InChI=1S/C22H37F2N5O2.HI/c1-5-25-22(26-15-17(4)29-13-11-28(6-2)12-14-29)27-16-18-9-8-10-19(30-7-3)20(18)31-21(23)24;/h8-10,17,21H,5-7,11-16H2,1-4H3,(H2,25,26,27);1H. The molecule has 0 amide bonds. The molecule has 1 fully saturated rings. The molecule has 1 aromatic carbocycles. The van der Waals surface area contributed by atoms with Crippen LogP contribution >= 0.6 is 24.0 Å². The first-order valence-electron chi connectivity index (χ1n) is 11.2. The van der Waals surface area contributed by atoms with E-state index in [1.165, 1.54) is 0 Å². The molecular weight excluding hydrogens is 531 g/mol. The molecule has 2 N–H and O–H groups in total. The Kier molecular flexibility index (Phi) is 13.8. The molecule has 1 saturated heterocycles. The molecule has 1 aromatic rings. The molecule has 1 unspecified atom stereocenters. The van der Waals surface area contributed by atoms with Crippen LogP contribution in [-0.4, -0.2) is 80.8 Å². The van der Waals surface area contributed by atoms with E-state index < -0.39 is 6.61 Å². The average Bonchev–Trinajstić information content (AvgIpc) is 2.77. The minimum atomic E-state index is -2.93. The van der Waals surface area contributed by atoms with E-state index in [2.05, 4.69) is 39.3 Å². The van der Waals surface area contributed by atoms with E-state index in [-0.39, 0.29) is 36.3 Å². The SMILES string of the molecule is CCNC(=NCc1cccc(OCC)c1OC(F)F)NCC(C)N1CCN(CC)CC1.I. The fourth-order valence-corrected chi connectivity index (χ4v) is 3.58. The summed E-state index contributed by atoms with van der Waals surface area (Å²) >= 11 is 0. The minimum absolute atomic E-state index is 0. The first kappa shape index (κ1) is 28.6. The molecule has 7 nitrogen and oxygen atoms in total. The Morgan fingerprint density at radius 3 is 2.44 bits per heavy atom. The fraction of sp³-hybridized carbons (Fsp3) is 0.682. The number of likely N-dealkylation sites (N-methyl/N-ethyl adjacent to an activating group) is 1. The Bertz CT molecular complexity index is 688. The van der Waals surface area contributed by atoms with Gasteiger partial charge in [0.25, 0.3) is 0 Å². The number of rotatable bonds is 11. The van der Waals surface area contributed by atoms with Crippen molar-refractivity contribution in [2.75, 3.05) is 52.4 Å². The van der Waals surface area contributed by atoms with Crippen molar-refractivity contribution in [3.05, 3.63) is 23.8 Å². The summed E-state index contributed by atoms with van der Waals surface area (Å²) in [6.07, 6.45) is 0. The number of hydrogen-bond donors (Lipinski definition) is 2. The predicted octanol–water partition coefficient (Wildman–Crippen LogP) is 3.39. The third-order valence-corrected chi connectivity index (χ3v) is 5.36. The number of nitrogens with one attached hydrogen (secondary N) is 2. The van der Waals surface area contributed by atoms with Crippen LogP contribution in [-0.2, 0) is 6.54 Å². The number of ether oxygens (including phenoxy) is 2. The molecule has 2 rings (SSSR count). The average molecular weight is 569 g/mol. The summed E-state index contributed by atoms with van der Waals surface area (Å²) in [5, 5.41) is 6.60. The van der Waals surface area contributed by atoms with Gasteiger partial charge in [0.1, 0.15) is 0 Å². The molecule has 10 heteroatoms. The second-order valence-corrected chi connectivity index (χ2v) is 7.45. The van der Waals surface area contributed by atoms with Crippen molar-refractivity contribution in [2.24, 2.45) is 4.99 Å². The Labute approximate surface area is 207 Å². The van der Waals surface area contributed by atoms with Crippen LogP contribution in [0.1, 0.15) is 33.3 Å². The maximum Gasteiger partial charge on any atom is 0.387 e. The zero-order valence-electron chi connectivity index (χ0n) is 19.6. The molecule has 1 atom stereocenters. The first-order chi connectivity index (χ1) is 15.0. The van der Waals surface area contributed by atoms with Gasteiger partial charge in [0.2, 0.25) is 0 Å². The van der Waals surface area contributed by atoms with Crippen LogP contribution in [0.3, 0.4) is 0 Å². The lowest BCUT2D eigenvalue weighted by Crippen LogP contribution is -2.53. The summed E-state index contributed by atoms with van der Waals surface area (Å²) in [6, 6.07) is 5.47. The molecule has 0 bridgehead atoms. The van der Waals surface area contributed by atoms with Crippen LogP contribution in [0, 0.1) is 0 Å². The normalized spacial score (nSPS) is 16.4. The Hall–Kier alpha value is -1.40. The zero-order valence-corrected chi connectivity index (χ0v) is 21.9. The highest BCUT2D eigenvalue weighted by Crippen LogP contribution is 2.33. The molecule has 32 heavy (non-hydrogen) atoms. The quantitative estimate of drug-likeness (QED) is 0.242. The maximum absolute atomic E-state index is 12.9. The summed E-state index contributed by atoms with van der Waals surface area (Å²) < 4.78 is 36.0. The van der Waals surface area contributed by atoms with Gasteiger partial charge in [-0.3, -0.25) is 4.90 Å². The van der Waals surface area contributed by atoms with Crippen LogP contribution in [0.5, 0.6) is 11.5 Å². The highest BCUT2D eigenvalue weighted by molar-refractivity contribution is 14.0. The van der Waals surface area contributed by atoms with Crippen molar-refractivity contribution in [3.63, 3.8) is 0 Å². The van der Waals surface area contributed by atoms with E-state index in [1.54, 1.807) is 25.1 Å². The summed E-state index contributed by atoms with van der Waals surface area (Å²) in [5.41, 5.74) is 0.548. The van der Waals surface area contributed by atoms with E-state index in [9.17, 15) is 8.78 Å². The van der Waals surface area contributed by atoms with Crippen molar-refractivity contribution in [2.45, 2.75) is 46.9 Å². The highest BCUT2D eigenvalue weighted by Gasteiger charge is 2.20. The van der Waals surface area contributed by atoms with Gasteiger partial charge in [-0.1, -0.05) is 19.1 Å². The summed E-state index contributed by atoms with van der Waals surface area (Å²) in [7, 11) is 0. The van der Waals surface area contributed by atoms with Crippen molar-refractivity contribution >= 4 is 29.9 Å². The Morgan fingerprint density at radius 1 is 1.12 bits per heavy atom. The van der Waals surface area contributed by atoms with Crippen LogP contribution in [0.15, 0.2) is 23.2 Å². The number of halogens is 3. The third kappa shape index (κ3) is 9.22. The molecular formula is C22H38F2IN5O2. The van der Waals surface area contributed by atoms with Crippen molar-refractivity contribution in [1.82, 2.24) is 20.4 Å². The highest BCUT2D eigenvalue weighted by atomic mass is 127. The van der Waals surface area contributed by atoms with Gasteiger partial charge < -0.3 is 25.0 Å². The van der Waals surface area contributed by atoms with Gasteiger partial charge in [-0.05, 0) is 33.4 Å². The van der Waals surface area contributed by atoms with Gasteiger partial charge in [-0.15, -0.1) is 24.0 Å². The first-order valence-corrected chi connectivity index (χ1v) is 11.2. The zero-order chi connectivity index (χ0) is 22.6. The van der Waals surface area contributed by atoms with Crippen molar-refractivity contribution in [1.29, 1.82) is 0 Å². The van der Waals surface area contributed by atoms with Gasteiger partial charge in [-0.25, -0.2) is 4.99 Å². The van der Waals surface area contributed by atoms with Gasteiger partial charge in [-0.2, -0.15) is 8.78 Å². The summed E-state index contributed by atoms with van der Waals surface area (Å²) in [5.74, 6) is 0.987. The second kappa shape index (κ2) is 15.4. The summed E-state index contributed by atoms with van der Waals surface area (Å²) in [6.45, 7) is 12.7. The Balaban J connectivity index is 0.00000512. The largest absolute Gasteiger partial charge is 0.490 e. The number of para-hydroxylation sites is 1. The van der Waals surface area contributed by atoms with Gasteiger partial charge in [0.15, 0.2) is 17.5 Å². The lowest BCUT2D eigenvalue weighted by atomic mass is 10.2. The van der Waals surface area contributed by atoms with Crippen LogP contribution in [0.2, 0.25) is 0 Å². The molecule has 0 radical (unpaired) electrons. The molecule has 1 aliphatic heterocycles. The number of aliphatic imine (C=N–C) groups is 1. The molecule has 0 spiro atoms. The molecule has 1 heterocycles. The van der Waals surface area contributed by atoms with E-state index in [4.69, 9.17) is 9.47 Å². The topological polar surface area (TPSA) is 61.4 Å². The number of piperazine rings is 1. The van der Waals surface area contributed by atoms with Crippen molar-refractivity contribution < 1.29 is 18.3 Å². The van der Waals surface area contributed by atoms with E-state index in [1.807, 2.05) is 6.92 Å². The van der Waals surface area contributed by atoms with Crippen LogP contribution in [0.25, 0.3) is 0 Å². The lowest BCUT2D eigenvalue weighted by molar-refractivity contribution is -0.0520. The number of benzene rings is 1. The number of nitrogens with zero attached hydrogens (tertiary/aromatic N) is 3. The fourth-order valence-electron chi connectivity index (χ4n) is 3.58. The van der Waals surface area contributed by atoms with Crippen molar-refractivity contribution in [3.8, 4) is 11.5 Å². The molecule has 0 saturated carbocycles.